The van der Waals surface area contributed by atoms with Crippen molar-refractivity contribution in [2.75, 3.05) is 4.90 Å². The summed E-state index contributed by atoms with van der Waals surface area (Å²) in [6, 6.07) is 108. The maximum absolute atomic E-state index is 2.45. The van der Waals surface area contributed by atoms with Gasteiger partial charge in [-0.2, -0.15) is 0 Å². The largest absolute Gasteiger partial charge is 0.310 e. The van der Waals surface area contributed by atoms with E-state index < -0.39 is 5.41 Å². The zero-order valence-electron chi connectivity index (χ0n) is 42.1. The van der Waals surface area contributed by atoms with Gasteiger partial charge in [0.05, 0.1) is 16.4 Å². The lowest BCUT2D eigenvalue weighted by Crippen LogP contribution is -2.25. The van der Waals surface area contributed by atoms with Crippen LogP contribution in [-0.2, 0) is 5.41 Å². The molecule has 2 aliphatic rings. The van der Waals surface area contributed by atoms with E-state index in [9.17, 15) is 0 Å². The third-order valence-electron chi connectivity index (χ3n) is 16.8. The van der Waals surface area contributed by atoms with Crippen molar-refractivity contribution in [2.24, 2.45) is 0 Å². The number of para-hydroxylation sites is 2. The number of fused-ring (bicyclic) bond motifs is 15. The Morgan fingerprint density at radius 1 is 0.247 bits per heavy atom. The van der Waals surface area contributed by atoms with Gasteiger partial charge in [0.15, 0.2) is 0 Å². The Morgan fingerprint density at radius 2 is 0.649 bits per heavy atom. The summed E-state index contributed by atoms with van der Waals surface area (Å²) in [4.78, 5) is 2.45. The molecule has 0 amide bonds. The van der Waals surface area contributed by atoms with Crippen LogP contribution in [0.5, 0.6) is 0 Å². The molecule has 1 aromatic heterocycles. The van der Waals surface area contributed by atoms with E-state index in [4.69, 9.17) is 0 Å². The summed E-state index contributed by atoms with van der Waals surface area (Å²) < 4.78 is 2.38. The van der Waals surface area contributed by atoms with E-state index in [0.29, 0.717) is 0 Å². The average Bonchev–Trinajstić information content (AvgIpc) is 4.21. The van der Waals surface area contributed by atoms with Crippen LogP contribution in [0.4, 0.5) is 17.1 Å². The smallest absolute Gasteiger partial charge is 0.0725 e. The van der Waals surface area contributed by atoms with Crippen LogP contribution in [0.2, 0.25) is 0 Å². The van der Waals surface area contributed by atoms with Crippen molar-refractivity contribution in [3.8, 4) is 61.3 Å². The van der Waals surface area contributed by atoms with E-state index in [1.807, 2.05) is 0 Å². The summed E-state index contributed by atoms with van der Waals surface area (Å²) in [5, 5.41) is 7.48. The molecular formula is C75H48N2. The second-order valence-electron chi connectivity index (χ2n) is 20.7. The van der Waals surface area contributed by atoms with Crippen LogP contribution < -0.4 is 4.90 Å². The zero-order chi connectivity index (χ0) is 50.6. The molecule has 0 fully saturated rings. The third-order valence-corrected chi connectivity index (χ3v) is 16.8. The number of benzene rings is 13. The number of nitrogens with zero attached hydrogens (tertiary/aromatic N) is 2. The highest BCUT2D eigenvalue weighted by Crippen LogP contribution is 2.63. The van der Waals surface area contributed by atoms with Gasteiger partial charge in [0.2, 0.25) is 0 Å². The quantitative estimate of drug-likeness (QED) is 0.145. The first-order valence-electron chi connectivity index (χ1n) is 26.7. The van der Waals surface area contributed by atoms with Crippen LogP contribution in [0.1, 0.15) is 22.3 Å². The van der Waals surface area contributed by atoms with Crippen LogP contribution in [0.3, 0.4) is 0 Å². The van der Waals surface area contributed by atoms with E-state index >= 15 is 0 Å². The van der Waals surface area contributed by atoms with Gasteiger partial charge in [-0.05, 0) is 166 Å². The summed E-state index contributed by atoms with van der Waals surface area (Å²) >= 11 is 0. The minimum Gasteiger partial charge on any atom is -0.310 e. The van der Waals surface area contributed by atoms with Crippen molar-refractivity contribution in [1.29, 1.82) is 0 Å². The van der Waals surface area contributed by atoms with E-state index in [2.05, 4.69) is 301 Å². The molecular weight excluding hydrogens is 929 g/mol. The summed E-state index contributed by atoms with van der Waals surface area (Å²) in [5.74, 6) is 0. The summed E-state index contributed by atoms with van der Waals surface area (Å²) in [5.41, 5.74) is 24.3. The fraction of sp³-hybridized carbons (Fsp3) is 0.0133. The van der Waals surface area contributed by atoms with E-state index in [-0.39, 0.29) is 0 Å². The first-order valence-corrected chi connectivity index (χ1v) is 26.7. The van der Waals surface area contributed by atoms with Crippen LogP contribution in [0.25, 0.3) is 105 Å². The molecule has 0 bridgehead atoms. The van der Waals surface area contributed by atoms with Gasteiger partial charge in [-0.1, -0.05) is 224 Å². The number of aromatic nitrogens is 1. The SMILES string of the molecule is c1ccc(-c2c3ccccc3c(-c3ccc(N(c4ccc(-c5ccc6c(c5)c5ccccc5n6-c5ccccc5)cc4)c4ccc5c(c4)-c4ccccc4C54c5ccccc5-c5ccccc54)cc3)c3ccccc23)cc1. The van der Waals surface area contributed by atoms with Gasteiger partial charge in [-0.3, -0.25) is 0 Å². The summed E-state index contributed by atoms with van der Waals surface area (Å²) in [7, 11) is 0. The molecule has 0 radical (unpaired) electrons. The molecule has 0 atom stereocenters. The van der Waals surface area contributed by atoms with Gasteiger partial charge in [-0.15, -0.1) is 0 Å². The van der Waals surface area contributed by atoms with Crippen molar-refractivity contribution in [3.05, 3.63) is 313 Å². The molecule has 0 N–H and O–H groups in total. The van der Waals surface area contributed by atoms with Crippen LogP contribution in [0, 0.1) is 0 Å². The van der Waals surface area contributed by atoms with Gasteiger partial charge < -0.3 is 9.47 Å². The minimum atomic E-state index is -0.415. The van der Waals surface area contributed by atoms with Crippen molar-refractivity contribution in [3.63, 3.8) is 0 Å². The highest BCUT2D eigenvalue weighted by molar-refractivity contribution is 6.21. The number of hydrogen-bond acceptors (Lipinski definition) is 1. The van der Waals surface area contributed by atoms with Gasteiger partial charge in [0.25, 0.3) is 0 Å². The molecule has 2 nitrogen and oxygen atoms in total. The normalized spacial score (nSPS) is 12.8. The Morgan fingerprint density at radius 3 is 1.22 bits per heavy atom. The summed E-state index contributed by atoms with van der Waals surface area (Å²) in [6.45, 7) is 0. The van der Waals surface area contributed by atoms with Crippen LogP contribution in [0.15, 0.2) is 291 Å². The molecule has 0 saturated heterocycles. The fourth-order valence-corrected chi connectivity index (χ4v) is 13.6. The van der Waals surface area contributed by atoms with Gasteiger partial charge in [-0.25, -0.2) is 0 Å². The first kappa shape index (κ1) is 43.4. The van der Waals surface area contributed by atoms with Crippen LogP contribution >= 0.6 is 0 Å². The summed E-state index contributed by atoms with van der Waals surface area (Å²) in [6.07, 6.45) is 0. The predicted octanol–water partition coefficient (Wildman–Crippen LogP) is 19.9. The van der Waals surface area contributed by atoms with Crippen molar-refractivity contribution in [2.45, 2.75) is 5.41 Å². The molecule has 0 unspecified atom stereocenters. The predicted molar refractivity (Wildman–Crippen MR) is 323 cm³/mol. The van der Waals surface area contributed by atoms with Gasteiger partial charge in [0.1, 0.15) is 0 Å². The van der Waals surface area contributed by atoms with Crippen molar-refractivity contribution >= 4 is 60.4 Å². The molecule has 0 saturated carbocycles. The number of hydrogen-bond donors (Lipinski definition) is 0. The molecule has 0 aliphatic heterocycles. The lowest BCUT2D eigenvalue weighted by Gasteiger charge is -2.31. The van der Waals surface area contributed by atoms with Crippen molar-refractivity contribution in [1.82, 2.24) is 4.57 Å². The van der Waals surface area contributed by atoms with E-state index in [0.717, 1.165) is 22.7 Å². The lowest BCUT2D eigenvalue weighted by atomic mass is 9.70. The maximum atomic E-state index is 2.45. The molecule has 13 aromatic carbocycles. The monoisotopic (exact) mass is 976 g/mol. The Kier molecular flexibility index (Phi) is 9.58. The molecule has 1 heterocycles. The Bertz CT molecular complexity index is 4560. The zero-order valence-corrected chi connectivity index (χ0v) is 42.1. The van der Waals surface area contributed by atoms with Crippen molar-refractivity contribution < 1.29 is 0 Å². The fourth-order valence-electron chi connectivity index (χ4n) is 13.6. The third kappa shape index (κ3) is 6.37. The Hall–Kier alpha value is -10.0. The molecule has 2 aliphatic carbocycles. The average molecular weight is 977 g/mol. The second kappa shape index (κ2) is 17.0. The highest BCUT2D eigenvalue weighted by atomic mass is 15.1. The van der Waals surface area contributed by atoms with E-state index in [1.54, 1.807) is 0 Å². The second-order valence-corrected chi connectivity index (χ2v) is 20.7. The lowest BCUT2D eigenvalue weighted by molar-refractivity contribution is 0.794. The van der Waals surface area contributed by atoms with Gasteiger partial charge in [0, 0.05) is 33.5 Å². The topological polar surface area (TPSA) is 8.17 Å². The molecule has 358 valence electrons. The van der Waals surface area contributed by atoms with E-state index in [1.165, 1.54) is 121 Å². The Labute approximate surface area is 447 Å². The maximum Gasteiger partial charge on any atom is 0.0725 e. The van der Waals surface area contributed by atoms with Gasteiger partial charge >= 0.3 is 0 Å². The number of rotatable bonds is 7. The minimum absolute atomic E-state index is 0.415. The Balaban J connectivity index is 0.863. The van der Waals surface area contributed by atoms with Crippen LogP contribution in [-0.4, -0.2) is 4.57 Å². The molecule has 2 heteroatoms. The standard InChI is InChI=1S/C75H48N2/c1-3-19-50(20-4-1)73-61-27-7-9-29-63(61)74(64-30-10-8-28-62(64)73)51-37-42-55(43-38-51)76(54-40-35-49(36-41-54)52-39-46-72-66(47-52)60-26-14-18-34-71(60)77(72)53-21-5-2-6-22-53)56-44-45-70-65(48-56)59-25-13-17-33-69(59)75(70)67-31-15-11-23-57(67)58-24-12-16-32-68(58)75/h1-48H. The molecule has 1 spiro atoms. The highest BCUT2D eigenvalue weighted by Gasteiger charge is 2.51. The molecule has 14 aromatic rings. The first-order chi connectivity index (χ1) is 38.2. The number of anilines is 3. The molecule has 77 heavy (non-hydrogen) atoms. The molecule has 16 rings (SSSR count).